The zero-order valence-electron chi connectivity index (χ0n) is 4.78. The van der Waals surface area contributed by atoms with Crippen molar-refractivity contribution in [2.45, 2.75) is 0 Å². The van der Waals surface area contributed by atoms with Crippen LogP contribution in [0.15, 0.2) is 17.3 Å². The predicted octanol–water partition coefficient (Wildman–Crippen LogP) is -0.170. The van der Waals surface area contributed by atoms with Gasteiger partial charge in [0.05, 0.1) is 0 Å². The molecule has 1 rings (SSSR count). The Kier molecular flexibility index (Phi) is 1.70. The first-order valence-electron chi connectivity index (χ1n) is 2.51. The van der Waals surface area contributed by atoms with Crippen molar-refractivity contribution in [2.24, 2.45) is 4.99 Å². The molecule has 1 aliphatic heterocycles. The van der Waals surface area contributed by atoms with Crippen molar-refractivity contribution in [2.75, 3.05) is 6.67 Å². The highest BCUT2D eigenvalue weighted by atomic mass is 15.5. The molecule has 0 aliphatic carbocycles. The van der Waals surface area contributed by atoms with Gasteiger partial charge in [0.2, 0.25) is 0 Å². The molecule has 4 nitrogen and oxygen atoms in total. The Hall–Kier alpha value is -1.50. The Bertz CT molecular complexity index is 176. The summed E-state index contributed by atoms with van der Waals surface area (Å²) in [6, 6.07) is 0. The minimum atomic E-state index is 0.504. The van der Waals surface area contributed by atoms with E-state index in [0.717, 1.165) is 0 Å². The lowest BCUT2D eigenvalue weighted by Crippen LogP contribution is -2.30. The van der Waals surface area contributed by atoms with E-state index in [0.29, 0.717) is 6.67 Å². The summed E-state index contributed by atoms with van der Waals surface area (Å²) in [5, 5.41) is 9.71. The van der Waals surface area contributed by atoms with Crippen LogP contribution in [0.1, 0.15) is 0 Å². The molecule has 0 unspecified atom stereocenters. The standard InChI is InChI=1S/C5H6N4/c6-4-8-9-3-1-2-7-5-9/h1-3,8H,5H2. The molecule has 0 radical (unpaired) electrons. The van der Waals surface area contributed by atoms with Gasteiger partial charge < -0.3 is 0 Å². The molecule has 0 aromatic heterocycles. The van der Waals surface area contributed by atoms with Crippen LogP contribution in [-0.2, 0) is 0 Å². The molecule has 0 amide bonds. The minimum Gasteiger partial charge on any atom is -0.270 e. The molecule has 0 aromatic carbocycles. The fourth-order valence-electron chi connectivity index (χ4n) is 0.522. The van der Waals surface area contributed by atoms with Crippen molar-refractivity contribution in [3.05, 3.63) is 12.3 Å². The van der Waals surface area contributed by atoms with Gasteiger partial charge in [0.1, 0.15) is 6.67 Å². The lowest BCUT2D eigenvalue weighted by molar-refractivity contribution is 0.331. The summed E-state index contributed by atoms with van der Waals surface area (Å²) in [6.07, 6.45) is 6.98. The van der Waals surface area contributed by atoms with Crippen LogP contribution >= 0.6 is 0 Å². The number of hydrogen-bond acceptors (Lipinski definition) is 4. The van der Waals surface area contributed by atoms with Crippen LogP contribution in [0.25, 0.3) is 0 Å². The van der Waals surface area contributed by atoms with Crippen LogP contribution < -0.4 is 5.43 Å². The first-order valence-corrected chi connectivity index (χ1v) is 2.51. The highest BCUT2D eigenvalue weighted by Gasteiger charge is 1.94. The van der Waals surface area contributed by atoms with Crippen LogP contribution in [-0.4, -0.2) is 17.9 Å². The van der Waals surface area contributed by atoms with Crippen LogP contribution in [0.4, 0.5) is 0 Å². The maximum absolute atomic E-state index is 8.13. The van der Waals surface area contributed by atoms with Gasteiger partial charge in [-0.15, -0.1) is 0 Å². The Morgan fingerprint density at radius 1 is 1.78 bits per heavy atom. The maximum Gasteiger partial charge on any atom is 0.197 e. The number of nitrogens with zero attached hydrogens (tertiary/aromatic N) is 3. The van der Waals surface area contributed by atoms with E-state index in [-0.39, 0.29) is 0 Å². The van der Waals surface area contributed by atoms with E-state index in [1.807, 2.05) is 0 Å². The fourth-order valence-corrected chi connectivity index (χ4v) is 0.522. The summed E-state index contributed by atoms with van der Waals surface area (Å²) in [7, 11) is 0. The van der Waals surface area contributed by atoms with E-state index < -0.39 is 0 Å². The number of hydrazine groups is 1. The average Bonchev–Trinajstić information content (AvgIpc) is 1.91. The summed E-state index contributed by atoms with van der Waals surface area (Å²) in [4.78, 5) is 3.88. The van der Waals surface area contributed by atoms with Crippen molar-refractivity contribution in [1.29, 1.82) is 5.26 Å². The van der Waals surface area contributed by atoms with Gasteiger partial charge >= 0.3 is 0 Å². The second-order valence-electron chi connectivity index (χ2n) is 1.51. The maximum atomic E-state index is 8.13. The monoisotopic (exact) mass is 122 g/mol. The largest absolute Gasteiger partial charge is 0.270 e. The molecule has 1 N–H and O–H groups in total. The summed E-state index contributed by atoms with van der Waals surface area (Å²) in [5.41, 5.74) is 2.42. The van der Waals surface area contributed by atoms with Crippen LogP contribution in [0.5, 0.6) is 0 Å². The normalized spacial score (nSPS) is 15.2. The molecule has 0 bridgehead atoms. The molecule has 0 aromatic rings. The van der Waals surface area contributed by atoms with Crippen molar-refractivity contribution in [1.82, 2.24) is 10.4 Å². The van der Waals surface area contributed by atoms with E-state index in [1.165, 1.54) is 0 Å². The van der Waals surface area contributed by atoms with Gasteiger partial charge in [0, 0.05) is 12.4 Å². The smallest absolute Gasteiger partial charge is 0.197 e. The third-order valence-electron chi connectivity index (χ3n) is 0.885. The van der Waals surface area contributed by atoms with Crippen molar-refractivity contribution >= 4 is 6.21 Å². The van der Waals surface area contributed by atoms with Gasteiger partial charge in [0.15, 0.2) is 6.19 Å². The predicted molar refractivity (Wildman–Crippen MR) is 33.1 cm³/mol. The van der Waals surface area contributed by atoms with E-state index >= 15 is 0 Å². The zero-order chi connectivity index (χ0) is 6.53. The second-order valence-corrected chi connectivity index (χ2v) is 1.51. The summed E-state index contributed by atoms with van der Waals surface area (Å²) in [5.74, 6) is 0. The lowest BCUT2D eigenvalue weighted by atomic mass is 10.6. The molecule has 0 atom stereocenters. The minimum absolute atomic E-state index is 0.504. The number of nitriles is 1. The van der Waals surface area contributed by atoms with Crippen molar-refractivity contribution < 1.29 is 0 Å². The molecule has 46 valence electrons. The van der Waals surface area contributed by atoms with Crippen LogP contribution in [0.2, 0.25) is 0 Å². The molecule has 4 heteroatoms. The molecule has 1 heterocycles. The fraction of sp³-hybridized carbons (Fsp3) is 0.200. The van der Waals surface area contributed by atoms with Crippen LogP contribution in [0, 0.1) is 11.5 Å². The average molecular weight is 122 g/mol. The molecule has 0 saturated carbocycles. The SMILES string of the molecule is N#CNN1C=CC=NC1. The van der Waals surface area contributed by atoms with Crippen molar-refractivity contribution in [3.8, 4) is 6.19 Å². The van der Waals surface area contributed by atoms with Gasteiger partial charge in [-0.2, -0.15) is 5.26 Å². The second kappa shape index (κ2) is 2.72. The van der Waals surface area contributed by atoms with Crippen LogP contribution in [0.3, 0.4) is 0 Å². The molecule has 0 fully saturated rings. The quantitative estimate of drug-likeness (QED) is 0.388. The molecule has 1 aliphatic rings. The number of aliphatic imine (C=N–C) groups is 1. The molecule has 9 heavy (non-hydrogen) atoms. The van der Waals surface area contributed by atoms with Gasteiger partial charge in [-0.3, -0.25) is 10.0 Å². The van der Waals surface area contributed by atoms with E-state index in [4.69, 9.17) is 5.26 Å². The zero-order valence-corrected chi connectivity index (χ0v) is 4.78. The van der Waals surface area contributed by atoms with Gasteiger partial charge in [-0.25, -0.2) is 5.43 Å². The highest BCUT2D eigenvalue weighted by Crippen LogP contribution is 1.88. The first kappa shape index (κ1) is 5.63. The van der Waals surface area contributed by atoms with E-state index in [2.05, 4.69) is 10.4 Å². The summed E-state index contributed by atoms with van der Waals surface area (Å²) < 4.78 is 0. The Balaban J connectivity index is 2.39. The molecular weight excluding hydrogens is 116 g/mol. The van der Waals surface area contributed by atoms with Gasteiger partial charge in [-0.05, 0) is 6.08 Å². The van der Waals surface area contributed by atoms with E-state index in [1.54, 1.807) is 29.7 Å². The van der Waals surface area contributed by atoms with Gasteiger partial charge in [-0.1, -0.05) is 0 Å². The Morgan fingerprint density at radius 2 is 2.67 bits per heavy atom. The van der Waals surface area contributed by atoms with Gasteiger partial charge in [0.25, 0.3) is 0 Å². The Labute approximate surface area is 53.1 Å². The van der Waals surface area contributed by atoms with E-state index in [9.17, 15) is 0 Å². The number of hydrogen-bond donors (Lipinski definition) is 1. The first-order chi connectivity index (χ1) is 4.43. The summed E-state index contributed by atoms with van der Waals surface area (Å²) in [6.45, 7) is 0.504. The highest BCUT2D eigenvalue weighted by molar-refractivity contribution is 5.71. The number of allylic oxidation sites excluding steroid dienone is 1. The number of nitrogens with one attached hydrogen (secondary N) is 1. The molecule has 0 saturated heterocycles. The summed E-state index contributed by atoms with van der Waals surface area (Å²) >= 11 is 0. The Morgan fingerprint density at radius 3 is 3.22 bits per heavy atom. The third kappa shape index (κ3) is 1.46. The number of rotatable bonds is 1. The topological polar surface area (TPSA) is 51.4 Å². The molecule has 0 spiro atoms. The third-order valence-corrected chi connectivity index (χ3v) is 0.885. The van der Waals surface area contributed by atoms with Crippen molar-refractivity contribution in [3.63, 3.8) is 0 Å². The lowest BCUT2D eigenvalue weighted by Gasteiger charge is -2.15. The molecular formula is C5H6N4.